The first-order valence-corrected chi connectivity index (χ1v) is 17.4. The average molecular weight is 618 g/mol. The van der Waals surface area contributed by atoms with Gasteiger partial charge in [-0.1, -0.05) is 93.0 Å². The molecular weight excluding hydrogens is 577 g/mol. The number of nitrogen functional groups attached to an aromatic ring is 1. The van der Waals surface area contributed by atoms with Crippen LogP contribution in [0, 0.1) is 0 Å². The molecule has 0 radical (unpaired) electrons. The average Bonchev–Trinajstić information content (AvgIpc) is 3.36. The summed E-state index contributed by atoms with van der Waals surface area (Å²) in [6, 6.07) is 27.0. The number of benzene rings is 3. The highest BCUT2D eigenvalue weighted by atomic mass is 35.5. The van der Waals surface area contributed by atoms with Gasteiger partial charge in [-0.25, -0.2) is 9.37 Å². The van der Waals surface area contributed by atoms with Gasteiger partial charge in [0.05, 0.1) is 24.9 Å². The molecule has 2 N–H and O–H groups in total. The smallest absolute Gasteiger partial charge is 0.261 e. The first kappa shape index (κ1) is 30.2. The third-order valence-electron chi connectivity index (χ3n) is 9.61. The Balaban J connectivity index is 1.31. The molecule has 6 rings (SSSR count). The molecule has 0 spiro atoms. The van der Waals surface area contributed by atoms with E-state index in [1.54, 1.807) is 6.20 Å². The van der Waals surface area contributed by atoms with E-state index >= 15 is 4.39 Å². The molecule has 2 fully saturated rings. The second-order valence-corrected chi connectivity index (χ2v) is 18.0. The van der Waals surface area contributed by atoms with Crippen LogP contribution in [0.1, 0.15) is 45.6 Å². The van der Waals surface area contributed by atoms with Gasteiger partial charge < -0.3 is 14.9 Å². The largest absolute Gasteiger partial charge is 0.400 e. The summed E-state index contributed by atoms with van der Waals surface area (Å²) in [5.74, 6) is 0.137. The fraction of sp³-hybridized carbons (Fsp3) is 0.400. The number of likely N-dealkylation sites (tertiary alicyclic amines) is 1. The van der Waals surface area contributed by atoms with Gasteiger partial charge in [0.1, 0.15) is 12.0 Å². The lowest BCUT2D eigenvalue weighted by Gasteiger charge is -2.50. The van der Waals surface area contributed by atoms with E-state index in [0.29, 0.717) is 30.5 Å². The third kappa shape index (κ3) is 5.40. The SMILES string of the molecule is CC(C)(C)[Si](O[C@H]1COC[C@@]1(C)N1CC[C@H](c2cc3cc(N)ncc3cc2Cl)[C@H](F)C1)(c1ccccc1)c1ccccc1. The number of pyridine rings is 1. The van der Waals surface area contributed by atoms with Gasteiger partial charge >= 0.3 is 0 Å². The number of alkyl halides is 1. The van der Waals surface area contributed by atoms with Crippen LogP contribution in [0.25, 0.3) is 10.8 Å². The summed E-state index contributed by atoms with van der Waals surface area (Å²) in [4.78, 5) is 6.44. The number of nitrogens with zero attached hydrogens (tertiary/aromatic N) is 2. The Bertz CT molecular complexity index is 1550. The van der Waals surface area contributed by atoms with Crippen LogP contribution in [0.3, 0.4) is 0 Å². The summed E-state index contributed by atoms with van der Waals surface area (Å²) < 4.78 is 30.0. The van der Waals surface area contributed by atoms with Crippen molar-refractivity contribution < 1.29 is 13.6 Å². The van der Waals surface area contributed by atoms with E-state index in [0.717, 1.165) is 22.9 Å². The molecule has 3 aromatic carbocycles. The molecule has 0 amide bonds. The van der Waals surface area contributed by atoms with Crippen LogP contribution in [0.15, 0.2) is 85.1 Å². The molecule has 43 heavy (non-hydrogen) atoms. The molecule has 5 nitrogen and oxygen atoms in total. The van der Waals surface area contributed by atoms with Crippen molar-refractivity contribution in [3.63, 3.8) is 0 Å². The van der Waals surface area contributed by atoms with Crippen LogP contribution in [-0.2, 0) is 9.16 Å². The van der Waals surface area contributed by atoms with E-state index in [2.05, 4.69) is 98.2 Å². The van der Waals surface area contributed by atoms with Gasteiger partial charge in [0, 0.05) is 29.1 Å². The van der Waals surface area contributed by atoms with Crippen molar-refractivity contribution in [3.8, 4) is 0 Å². The fourth-order valence-electron chi connectivity index (χ4n) is 7.21. The molecule has 4 aromatic rings. The minimum atomic E-state index is -2.82. The Labute approximate surface area is 260 Å². The van der Waals surface area contributed by atoms with E-state index in [1.165, 1.54) is 10.4 Å². The molecule has 1 aromatic heterocycles. The minimum Gasteiger partial charge on any atom is -0.400 e. The van der Waals surface area contributed by atoms with Crippen molar-refractivity contribution in [1.82, 2.24) is 9.88 Å². The predicted molar refractivity (Wildman–Crippen MR) is 177 cm³/mol. The second-order valence-electron chi connectivity index (χ2n) is 13.3. The molecule has 226 valence electrons. The van der Waals surface area contributed by atoms with Crippen molar-refractivity contribution in [2.75, 3.05) is 32.0 Å². The van der Waals surface area contributed by atoms with E-state index < -0.39 is 20.0 Å². The zero-order valence-corrected chi connectivity index (χ0v) is 27.2. The van der Waals surface area contributed by atoms with Crippen molar-refractivity contribution in [2.45, 2.75) is 62.9 Å². The maximum atomic E-state index is 16.2. The Hall–Kier alpha value is -2.81. The van der Waals surface area contributed by atoms with E-state index in [9.17, 15) is 0 Å². The summed E-state index contributed by atoms with van der Waals surface area (Å²) in [5, 5.41) is 4.69. The molecule has 0 bridgehead atoms. The minimum absolute atomic E-state index is 0.166. The maximum absolute atomic E-state index is 16.2. The first-order chi connectivity index (χ1) is 20.5. The number of nitrogens with two attached hydrogens (primary N) is 1. The molecule has 2 aliphatic rings. The Morgan fingerprint density at radius 1 is 1.02 bits per heavy atom. The van der Waals surface area contributed by atoms with Gasteiger partial charge in [0.25, 0.3) is 8.32 Å². The van der Waals surface area contributed by atoms with Gasteiger partial charge in [-0.2, -0.15) is 0 Å². The predicted octanol–water partition coefficient (Wildman–Crippen LogP) is 6.33. The number of rotatable bonds is 6. The van der Waals surface area contributed by atoms with Crippen LogP contribution < -0.4 is 16.1 Å². The number of fused-ring (bicyclic) bond motifs is 1. The van der Waals surface area contributed by atoms with Crippen molar-refractivity contribution in [3.05, 3.63) is 95.6 Å². The van der Waals surface area contributed by atoms with Crippen molar-refractivity contribution >= 4 is 46.9 Å². The monoisotopic (exact) mass is 617 g/mol. The van der Waals surface area contributed by atoms with Gasteiger partial charge in [-0.15, -0.1) is 0 Å². The molecular formula is C35H41ClFN3O2Si. The van der Waals surface area contributed by atoms with E-state index in [4.69, 9.17) is 26.5 Å². The number of piperidine rings is 1. The van der Waals surface area contributed by atoms with Crippen molar-refractivity contribution in [1.29, 1.82) is 0 Å². The molecule has 3 heterocycles. The lowest BCUT2D eigenvalue weighted by molar-refractivity contribution is -0.0183. The van der Waals surface area contributed by atoms with E-state index in [-0.39, 0.29) is 23.6 Å². The summed E-state index contributed by atoms with van der Waals surface area (Å²) in [5.41, 5.74) is 6.29. The quantitative estimate of drug-likeness (QED) is 0.256. The molecule has 0 saturated carbocycles. The number of aromatic nitrogens is 1. The molecule has 4 atom stereocenters. The number of hydrogen-bond acceptors (Lipinski definition) is 5. The number of hydrogen-bond donors (Lipinski definition) is 1. The third-order valence-corrected chi connectivity index (χ3v) is 15.0. The molecule has 0 aliphatic carbocycles. The Morgan fingerprint density at radius 2 is 1.67 bits per heavy atom. The van der Waals surface area contributed by atoms with Gasteiger partial charge in [0.15, 0.2) is 0 Å². The van der Waals surface area contributed by atoms with Crippen LogP contribution in [0.2, 0.25) is 10.1 Å². The summed E-state index contributed by atoms with van der Waals surface area (Å²) in [7, 11) is -2.82. The maximum Gasteiger partial charge on any atom is 0.261 e. The highest BCUT2D eigenvalue weighted by molar-refractivity contribution is 6.99. The Morgan fingerprint density at radius 3 is 2.28 bits per heavy atom. The summed E-state index contributed by atoms with van der Waals surface area (Å²) >= 11 is 6.71. The standard InChI is InChI=1S/C35H41ClFN3O2Si/c1-34(2,3)43(26-11-7-5-8-12-26,27-13-9-6-10-14-27)42-32-22-41-23-35(32,4)40-16-15-28(31(37)21-40)29-17-24-19-33(38)39-20-25(24)18-30(29)36/h5-14,17-20,28,31-32H,15-16,21-23H2,1-4H3,(H2,38,39)/t28-,31-,32+,35-/m1/s1. The molecule has 8 heteroatoms. The molecule has 2 aliphatic heterocycles. The first-order valence-electron chi connectivity index (χ1n) is 15.1. The lowest BCUT2D eigenvalue weighted by Crippen LogP contribution is -2.71. The summed E-state index contributed by atoms with van der Waals surface area (Å²) in [6.45, 7) is 11.0. The van der Waals surface area contributed by atoms with Crippen LogP contribution >= 0.6 is 11.6 Å². The highest BCUT2D eigenvalue weighted by Crippen LogP contribution is 2.43. The second kappa shape index (κ2) is 11.6. The van der Waals surface area contributed by atoms with Crippen LogP contribution in [0.5, 0.6) is 0 Å². The van der Waals surface area contributed by atoms with Gasteiger partial charge in [-0.3, -0.25) is 4.90 Å². The highest BCUT2D eigenvalue weighted by Gasteiger charge is 2.56. The van der Waals surface area contributed by atoms with Crippen molar-refractivity contribution in [2.24, 2.45) is 0 Å². The zero-order valence-electron chi connectivity index (χ0n) is 25.4. The zero-order chi connectivity index (χ0) is 30.4. The molecule has 0 unspecified atom stereocenters. The lowest BCUT2D eigenvalue weighted by atomic mass is 9.84. The summed E-state index contributed by atoms with van der Waals surface area (Å²) in [6.07, 6.45) is 1.05. The van der Waals surface area contributed by atoms with Crippen LogP contribution in [-0.4, -0.2) is 62.3 Å². The normalized spacial score (nSPS) is 25.3. The van der Waals surface area contributed by atoms with Crippen LogP contribution in [0.4, 0.5) is 10.2 Å². The molecule has 2 saturated heterocycles. The number of anilines is 1. The number of ether oxygens (including phenoxy) is 1. The number of halogens is 2. The topological polar surface area (TPSA) is 60.6 Å². The Kier molecular flexibility index (Phi) is 8.15. The van der Waals surface area contributed by atoms with Gasteiger partial charge in [0.2, 0.25) is 0 Å². The van der Waals surface area contributed by atoms with E-state index in [1.807, 2.05) is 18.2 Å². The fourth-order valence-corrected chi connectivity index (χ4v) is 12.3. The van der Waals surface area contributed by atoms with Gasteiger partial charge in [-0.05, 0) is 64.4 Å².